The Balaban J connectivity index is 2.00. The fourth-order valence-electron chi connectivity index (χ4n) is 2.22. The summed E-state index contributed by atoms with van der Waals surface area (Å²) in [4.78, 5) is 24.5. The maximum atomic E-state index is 12.3. The topological polar surface area (TPSA) is 84.1 Å². The van der Waals surface area contributed by atoms with E-state index in [4.69, 9.17) is 4.74 Å². The van der Waals surface area contributed by atoms with Crippen molar-refractivity contribution in [1.29, 1.82) is 5.26 Å². The van der Waals surface area contributed by atoms with Crippen LogP contribution >= 0.6 is 0 Å². The largest absolute Gasteiger partial charge is 0.449 e. The molecule has 2 atom stereocenters. The molecule has 1 aromatic carbocycles. The molecule has 136 valence electrons. The molecular formula is C20H23N3O3. The van der Waals surface area contributed by atoms with Crippen molar-refractivity contribution in [2.24, 2.45) is 5.92 Å². The lowest BCUT2D eigenvalue weighted by Gasteiger charge is -2.28. The first-order chi connectivity index (χ1) is 12.3. The van der Waals surface area contributed by atoms with Gasteiger partial charge in [0.05, 0.1) is 11.6 Å². The van der Waals surface area contributed by atoms with Crippen LogP contribution in [0.4, 0.5) is 0 Å². The Bertz CT molecular complexity index is 804. The van der Waals surface area contributed by atoms with Crippen molar-refractivity contribution in [2.75, 3.05) is 0 Å². The zero-order chi connectivity index (χ0) is 19.3. The molecular weight excluding hydrogens is 330 g/mol. The van der Waals surface area contributed by atoms with E-state index in [-0.39, 0.29) is 5.92 Å². The van der Waals surface area contributed by atoms with Crippen LogP contribution in [0.2, 0.25) is 0 Å². The Morgan fingerprint density at radius 3 is 2.23 bits per heavy atom. The fourth-order valence-corrected chi connectivity index (χ4v) is 2.22. The number of amides is 1. The summed E-state index contributed by atoms with van der Waals surface area (Å²) in [5, 5.41) is 11.9. The molecule has 0 bridgehead atoms. The standard InChI is InChI=1S/C20H23N3O3/c1-14(2)20(4,13-21)22-18(24)15(3)26-19(25)16-7-9-17(10-8-16)23-11-5-6-12-23/h5-12,14-15H,1-4H3,(H,22,24). The van der Waals surface area contributed by atoms with E-state index in [0.717, 1.165) is 5.69 Å². The van der Waals surface area contributed by atoms with E-state index >= 15 is 0 Å². The number of nitrogens with one attached hydrogen (secondary N) is 1. The number of nitriles is 1. The third-order valence-electron chi connectivity index (χ3n) is 4.43. The molecule has 0 radical (unpaired) electrons. The maximum absolute atomic E-state index is 12.3. The number of hydrogen-bond donors (Lipinski definition) is 1. The summed E-state index contributed by atoms with van der Waals surface area (Å²) >= 11 is 0. The second-order valence-corrected chi connectivity index (χ2v) is 6.64. The molecule has 2 rings (SSSR count). The van der Waals surface area contributed by atoms with Gasteiger partial charge in [0.15, 0.2) is 6.10 Å². The number of carbonyl (C=O) groups excluding carboxylic acids is 2. The molecule has 6 nitrogen and oxygen atoms in total. The number of nitrogens with zero attached hydrogens (tertiary/aromatic N) is 2. The second-order valence-electron chi connectivity index (χ2n) is 6.64. The molecule has 1 amide bonds. The lowest BCUT2D eigenvalue weighted by molar-refractivity contribution is -0.130. The third kappa shape index (κ3) is 4.31. The van der Waals surface area contributed by atoms with Gasteiger partial charge in [0.25, 0.3) is 5.91 Å². The summed E-state index contributed by atoms with van der Waals surface area (Å²) in [5.74, 6) is -1.17. The van der Waals surface area contributed by atoms with Crippen LogP contribution in [0.25, 0.3) is 5.69 Å². The van der Waals surface area contributed by atoms with Gasteiger partial charge < -0.3 is 14.6 Å². The van der Waals surface area contributed by atoms with Gasteiger partial charge in [-0.15, -0.1) is 0 Å². The van der Waals surface area contributed by atoms with Gasteiger partial charge in [-0.2, -0.15) is 5.26 Å². The van der Waals surface area contributed by atoms with Crippen LogP contribution in [0, 0.1) is 17.2 Å². The minimum atomic E-state index is -1.02. The summed E-state index contributed by atoms with van der Waals surface area (Å²) in [7, 11) is 0. The Hall–Kier alpha value is -3.07. The Morgan fingerprint density at radius 2 is 1.73 bits per heavy atom. The summed E-state index contributed by atoms with van der Waals surface area (Å²) in [5.41, 5.74) is 0.252. The van der Waals surface area contributed by atoms with Gasteiger partial charge >= 0.3 is 5.97 Å². The predicted molar refractivity (Wildman–Crippen MR) is 97.6 cm³/mol. The van der Waals surface area contributed by atoms with Gasteiger partial charge in [-0.3, -0.25) is 4.79 Å². The lowest BCUT2D eigenvalue weighted by Crippen LogP contribution is -2.52. The van der Waals surface area contributed by atoms with Crippen molar-refractivity contribution in [1.82, 2.24) is 9.88 Å². The summed E-state index contributed by atoms with van der Waals surface area (Å²) in [6.45, 7) is 6.81. The summed E-state index contributed by atoms with van der Waals surface area (Å²) in [6, 6.07) is 12.8. The molecule has 0 aliphatic rings. The monoisotopic (exact) mass is 353 g/mol. The van der Waals surface area contributed by atoms with Crippen LogP contribution in [0.15, 0.2) is 48.8 Å². The molecule has 0 spiro atoms. The molecule has 26 heavy (non-hydrogen) atoms. The van der Waals surface area contributed by atoms with Crippen LogP contribution in [0.5, 0.6) is 0 Å². The number of aromatic nitrogens is 1. The highest BCUT2D eigenvalue weighted by Gasteiger charge is 2.32. The van der Waals surface area contributed by atoms with E-state index in [9.17, 15) is 14.9 Å². The van der Waals surface area contributed by atoms with Gasteiger partial charge in [-0.05, 0) is 56.2 Å². The van der Waals surface area contributed by atoms with E-state index in [2.05, 4.69) is 11.4 Å². The average Bonchev–Trinajstić information content (AvgIpc) is 3.16. The molecule has 2 unspecified atom stereocenters. The maximum Gasteiger partial charge on any atom is 0.338 e. The van der Waals surface area contributed by atoms with Crippen LogP contribution in [0.1, 0.15) is 38.1 Å². The highest BCUT2D eigenvalue weighted by molar-refractivity contribution is 5.92. The highest BCUT2D eigenvalue weighted by atomic mass is 16.5. The normalized spacial score (nSPS) is 14.2. The Labute approximate surface area is 153 Å². The van der Waals surface area contributed by atoms with Gasteiger partial charge in [0.2, 0.25) is 0 Å². The number of ether oxygens (including phenoxy) is 1. The van der Waals surface area contributed by atoms with Gasteiger partial charge in [-0.25, -0.2) is 4.79 Å². The van der Waals surface area contributed by atoms with Gasteiger partial charge in [0, 0.05) is 18.1 Å². The highest BCUT2D eigenvalue weighted by Crippen LogP contribution is 2.16. The zero-order valence-electron chi connectivity index (χ0n) is 15.4. The Kier molecular flexibility index (Phi) is 5.83. The number of rotatable bonds is 6. The SMILES string of the molecule is CC(OC(=O)c1ccc(-n2cccc2)cc1)C(=O)NC(C)(C#N)C(C)C. The van der Waals surface area contributed by atoms with Crippen molar-refractivity contribution in [3.63, 3.8) is 0 Å². The summed E-state index contributed by atoms with van der Waals surface area (Å²) in [6.07, 6.45) is 2.81. The molecule has 0 saturated carbocycles. The predicted octanol–water partition coefficient (Wildman–Crippen LogP) is 3.08. The van der Waals surface area contributed by atoms with Crippen LogP contribution in [-0.2, 0) is 9.53 Å². The van der Waals surface area contributed by atoms with Crippen LogP contribution in [-0.4, -0.2) is 28.1 Å². The number of hydrogen-bond acceptors (Lipinski definition) is 4. The quantitative estimate of drug-likeness (QED) is 0.809. The molecule has 1 aromatic heterocycles. The molecule has 0 saturated heterocycles. The third-order valence-corrected chi connectivity index (χ3v) is 4.43. The smallest absolute Gasteiger partial charge is 0.338 e. The number of benzene rings is 1. The molecule has 0 aliphatic heterocycles. The molecule has 2 aromatic rings. The van der Waals surface area contributed by atoms with E-state index in [0.29, 0.717) is 5.56 Å². The minimum Gasteiger partial charge on any atom is -0.449 e. The van der Waals surface area contributed by atoms with Crippen molar-refractivity contribution in [3.05, 3.63) is 54.4 Å². The molecule has 1 N–H and O–H groups in total. The van der Waals surface area contributed by atoms with Crippen molar-refractivity contribution < 1.29 is 14.3 Å². The molecule has 6 heteroatoms. The first-order valence-electron chi connectivity index (χ1n) is 8.44. The van der Waals surface area contributed by atoms with E-state index in [1.807, 2.05) is 42.9 Å². The fraction of sp³-hybridized carbons (Fsp3) is 0.350. The lowest BCUT2D eigenvalue weighted by atomic mass is 9.90. The van der Waals surface area contributed by atoms with Crippen LogP contribution < -0.4 is 5.32 Å². The van der Waals surface area contributed by atoms with Crippen molar-refractivity contribution >= 4 is 11.9 Å². The van der Waals surface area contributed by atoms with Crippen molar-refractivity contribution in [2.45, 2.75) is 39.3 Å². The van der Waals surface area contributed by atoms with E-state index in [1.165, 1.54) is 6.92 Å². The molecule has 1 heterocycles. The zero-order valence-corrected chi connectivity index (χ0v) is 15.4. The van der Waals surface area contributed by atoms with E-state index in [1.54, 1.807) is 31.2 Å². The first kappa shape index (κ1) is 19.3. The first-order valence-corrected chi connectivity index (χ1v) is 8.44. The van der Waals surface area contributed by atoms with Gasteiger partial charge in [-0.1, -0.05) is 13.8 Å². The second kappa shape index (κ2) is 7.87. The average molecular weight is 353 g/mol. The van der Waals surface area contributed by atoms with Crippen LogP contribution in [0.3, 0.4) is 0 Å². The molecule has 0 fully saturated rings. The molecule has 0 aliphatic carbocycles. The van der Waals surface area contributed by atoms with Crippen molar-refractivity contribution in [3.8, 4) is 11.8 Å². The number of carbonyl (C=O) groups is 2. The Morgan fingerprint density at radius 1 is 1.15 bits per heavy atom. The minimum absolute atomic E-state index is 0.0828. The summed E-state index contributed by atoms with van der Waals surface area (Å²) < 4.78 is 7.15. The van der Waals surface area contributed by atoms with Gasteiger partial charge in [0.1, 0.15) is 5.54 Å². The van der Waals surface area contributed by atoms with E-state index < -0.39 is 23.5 Å². The number of esters is 1.